The van der Waals surface area contributed by atoms with Gasteiger partial charge in [0.2, 0.25) is 11.8 Å². The summed E-state index contributed by atoms with van der Waals surface area (Å²) in [5, 5.41) is 3.69. The molecule has 244 valence electrons. The van der Waals surface area contributed by atoms with Gasteiger partial charge in [-0.3, -0.25) is 4.79 Å². The summed E-state index contributed by atoms with van der Waals surface area (Å²) in [6.07, 6.45) is 5.53. The van der Waals surface area contributed by atoms with E-state index in [4.69, 9.17) is 25.8 Å². The smallest absolute Gasteiger partial charge is 0.340 e. The average molecular weight is 727 g/mol. The van der Waals surface area contributed by atoms with Crippen molar-refractivity contribution in [2.45, 2.75) is 51.0 Å². The number of nitrogens with zero attached hydrogens (tertiary/aromatic N) is 2. The molecule has 48 heavy (non-hydrogen) atoms. The number of hydrogen-bond acceptors (Lipinski definition) is 7. The molecular formula is C38H33BrClN3O5. The number of nitrogens with one attached hydrogen (secondary N) is 1. The van der Waals surface area contributed by atoms with Crippen LogP contribution < -0.4 is 14.8 Å². The molecule has 1 aliphatic carbocycles. The Balaban J connectivity index is 1.13. The summed E-state index contributed by atoms with van der Waals surface area (Å²) >= 11 is 9.61. The van der Waals surface area contributed by atoms with Crippen LogP contribution in [-0.2, 0) is 18.0 Å². The standard InChI is InChI=1S/C38H33BrClN3O5/c39-32-20-29(22-42-37(32)47-24-26-11-5-2-6-12-26)38(45)48-34-14-8-7-13-33(34)43-35(44)28-19-31(27-15-17-30(40)18-16-27)36(41-21-28)46-23-25-9-3-1-4-10-25/h1-6,9-12,15-22,33-34H,7-8,13-14,23-24H2,(H,43,44)/t33-,34-/m1/s1. The van der Waals surface area contributed by atoms with Crippen molar-refractivity contribution in [3.05, 3.63) is 141 Å². The van der Waals surface area contributed by atoms with Crippen LogP contribution in [0.15, 0.2) is 114 Å². The average Bonchev–Trinajstić information content (AvgIpc) is 3.12. The molecule has 1 saturated carbocycles. The Labute approximate surface area is 292 Å². The molecule has 1 fully saturated rings. The zero-order valence-corrected chi connectivity index (χ0v) is 28.3. The third kappa shape index (κ3) is 8.59. The number of carbonyl (C=O) groups excluding carboxylic acids is 2. The number of carbonyl (C=O) groups is 2. The van der Waals surface area contributed by atoms with Gasteiger partial charge < -0.3 is 19.5 Å². The van der Waals surface area contributed by atoms with Crippen molar-refractivity contribution < 1.29 is 23.8 Å². The number of hydrogen-bond donors (Lipinski definition) is 1. The Kier molecular flexibility index (Phi) is 11.0. The van der Waals surface area contributed by atoms with Crippen molar-refractivity contribution in [3.63, 3.8) is 0 Å². The number of ether oxygens (including phenoxy) is 3. The lowest BCUT2D eigenvalue weighted by Gasteiger charge is -2.31. The molecule has 1 N–H and O–H groups in total. The van der Waals surface area contributed by atoms with Gasteiger partial charge in [0.05, 0.1) is 21.6 Å². The molecule has 2 heterocycles. The van der Waals surface area contributed by atoms with Gasteiger partial charge in [-0.15, -0.1) is 0 Å². The van der Waals surface area contributed by atoms with E-state index in [1.54, 1.807) is 24.3 Å². The molecule has 6 rings (SSSR count). The van der Waals surface area contributed by atoms with Crippen LogP contribution in [0.25, 0.3) is 11.1 Å². The van der Waals surface area contributed by atoms with Crippen LogP contribution in [0.4, 0.5) is 0 Å². The summed E-state index contributed by atoms with van der Waals surface area (Å²) < 4.78 is 18.4. The lowest BCUT2D eigenvalue weighted by atomic mass is 9.92. The second-order valence-electron chi connectivity index (χ2n) is 11.5. The van der Waals surface area contributed by atoms with E-state index in [1.165, 1.54) is 12.4 Å². The minimum atomic E-state index is -0.518. The molecule has 0 bridgehead atoms. The summed E-state index contributed by atoms with van der Waals surface area (Å²) in [6.45, 7) is 0.671. The van der Waals surface area contributed by atoms with Crippen molar-refractivity contribution in [1.29, 1.82) is 0 Å². The molecule has 10 heteroatoms. The zero-order valence-electron chi connectivity index (χ0n) is 26.0. The van der Waals surface area contributed by atoms with E-state index >= 15 is 0 Å². The molecular weight excluding hydrogens is 694 g/mol. The molecule has 2 aromatic heterocycles. The number of halogens is 2. The lowest BCUT2D eigenvalue weighted by Crippen LogP contribution is -2.47. The van der Waals surface area contributed by atoms with Crippen LogP contribution in [-0.4, -0.2) is 34.0 Å². The first-order valence-corrected chi connectivity index (χ1v) is 16.9. The molecule has 0 radical (unpaired) electrons. The highest BCUT2D eigenvalue weighted by atomic mass is 79.9. The largest absolute Gasteiger partial charge is 0.472 e. The van der Waals surface area contributed by atoms with Crippen molar-refractivity contribution >= 4 is 39.4 Å². The third-order valence-corrected chi connectivity index (χ3v) is 8.85. The van der Waals surface area contributed by atoms with Crippen LogP contribution in [0.5, 0.6) is 11.8 Å². The minimum absolute atomic E-state index is 0.285. The molecule has 8 nitrogen and oxygen atoms in total. The van der Waals surface area contributed by atoms with Crippen LogP contribution in [0, 0.1) is 0 Å². The molecule has 5 aromatic rings. The second-order valence-corrected chi connectivity index (χ2v) is 12.7. The van der Waals surface area contributed by atoms with Crippen LogP contribution >= 0.6 is 27.5 Å². The predicted molar refractivity (Wildman–Crippen MR) is 187 cm³/mol. The quantitative estimate of drug-likeness (QED) is 0.136. The Morgan fingerprint density at radius 3 is 2.04 bits per heavy atom. The number of aromatic nitrogens is 2. The van der Waals surface area contributed by atoms with Gasteiger partial charge in [0.25, 0.3) is 5.91 Å². The monoisotopic (exact) mass is 725 g/mol. The summed E-state index contributed by atoms with van der Waals surface area (Å²) in [6, 6.07) is 29.9. The fourth-order valence-electron chi connectivity index (χ4n) is 5.48. The molecule has 0 saturated heterocycles. The van der Waals surface area contributed by atoms with Gasteiger partial charge in [-0.05, 0) is 76.1 Å². The number of pyridine rings is 2. The molecule has 2 atom stereocenters. The van der Waals surface area contributed by atoms with E-state index in [0.29, 0.717) is 58.4 Å². The highest BCUT2D eigenvalue weighted by Crippen LogP contribution is 2.31. The first-order chi connectivity index (χ1) is 23.4. The van der Waals surface area contributed by atoms with Gasteiger partial charge in [0.15, 0.2) is 0 Å². The summed E-state index contributed by atoms with van der Waals surface area (Å²) in [4.78, 5) is 35.7. The molecule has 1 amide bonds. The van der Waals surface area contributed by atoms with Gasteiger partial charge in [0.1, 0.15) is 19.3 Å². The van der Waals surface area contributed by atoms with Crippen molar-refractivity contribution in [2.24, 2.45) is 0 Å². The third-order valence-electron chi connectivity index (χ3n) is 8.03. The number of rotatable bonds is 11. The Bertz CT molecular complexity index is 1860. The Morgan fingerprint density at radius 1 is 0.771 bits per heavy atom. The highest BCUT2D eigenvalue weighted by Gasteiger charge is 2.31. The number of benzene rings is 3. The molecule has 0 spiro atoms. The number of esters is 1. The minimum Gasteiger partial charge on any atom is -0.472 e. The first-order valence-electron chi connectivity index (χ1n) is 15.7. The van der Waals surface area contributed by atoms with E-state index in [2.05, 4.69) is 31.2 Å². The molecule has 3 aromatic carbocycles. The molecule has 1 aliphatic rings. The predicted octanol–water partition coefficient (Wildman–Crippen LogP) is 8.62. The SMILES string of the molecule is O=C(N[C@@H]1CCCC[C@H]1OC(=O)c1cnc(OCc2ccccc2)c(Br)c1)c1cnc(OCc2ccccc2)c(-c2ccc(Cl)cc2)c1. The van der Waals surface area contributed by atoms with E-state index in [1.807, 2.05) is 72.8 Å². The molecule has 0 aliphatic heterocycles. The summed E-state index contributed by atoms with van der Waals surface area (Å²) in [5.41, 5.74) is 4.12. The maximum absolute atomic E-state index is 13.6. The van der Waals surface area contributed by atoms with Gasteiger partial charge in [-0.25, -0.2) is 14.8 Å². The lowest BCUT2D eigenvalue weighted by molar-refractivity contribution is 0.00998. The highest BCUT2D eigenvalue weighted by molar-refractivity contribution is 9.10. The van der Waals surface area contributed by atoms with Gasteiger partial charge in [-0.1, -0.05) is 90.8 Å². The van der Waals surface area contributed by atoms with Crippen LogP contribution in [0.3, 0.4) is 0 Å². The van der Waals surface area contributed by atoms with Crippen LogP contribution in [0.1, 0.15) is 57.5 Å². The topological polar surface area (TPSA) is 99.6 Å². The summed E-state index contributed by atoms with van der Waals surface area (Å²) in [5.74, 6) is -0.0557. The van der Waals surface area contributed by atoms with E-state index in [9.17, 15) is 9.59 Å². The zero-order chi connectivity index (χ0) is 33.3. The maximum atomic E-state index is 13.6. The van der Waals surface area contributed by atoms with Gasteiger partial charge >= 0.3 is 5.97 Å². The van der Waals surface area contributed by atoms with E-state index in [-0.39, 0.29) is 17.5 Å². The maximum Gasteiger partial charge on any atom is 0.340 e. The normalized spacial score (nSPS) is 15.7. The fraction of sp³-hybridized carbons (Fsp3) is 0.211. The Hall–Kier alpha value is -4.73. The first kappa shape index (κ1) is 33.2. The summed E-state index contributed by atoms with van der Waals surface area (Å²) in [7, 11) is 0. The van der Waals surface area contributed by atoms with Crippen molar-refractivity contribution in [1.82, 2.24) is 15.3 Å². The van der Waals surface area contributed by atoms with Crippen LogP contribution in [0.2, 0.25) is 5.02 Å². The van der Waals surface area contributed by atoms with E-state index in [0.717, 1.165) is 29.5 Å². The van der Waals surface area contributed by atoms with Crippen molar-refractivity contribution in [3.8, 4) is 22.9 Å². The molecule has 0 unspecified atom stereocenters. The fourth-order valence-corrected chi connectivity index (χ4v) is 6.07. The Morgan fingerprint density at radius 2 is 1.38 bits per heavy atom. The van der Waals surface area contributed by atoms with Gasteiger partial charge in [0, 0.05) is 23.0 Å². The second kappa shape index (κ2) is 15.9. The van der Waals surface area contributed by atoms with Gasteiger partial charge in [-0.2, -0.15) is 0 Å². The van der Waals surface area contributed by atoms with E-state index < -0.39 is 12.1 Å². The van der Waals surface area contributed by atoms with Crippen molar-refractivity contribution in [2.75, 3.05) is 0 Å². The number of amides is 1.